The summed E-state index contributed by atoms with van der Waals surface area (Å²) in [5.41, 5.74) is 0.720. The van der Waals surface area contributed by atoms with Gasteiger partial charge in [-0.25, -0.2) is 4.79 Å². The zero-order valence-corrected chi connectivity index (χ0v) is 17.7. The van der Waals surface area contributed by atoms with Crippen LogP contribution < -0.4 is 10.5 Å². The number of amides is 1. The van der Waals surface area contributed by atoms with Gasteiger partial charge >= 0.3 is 11.8 Å². The van der Waals surface area contributed by atoms with Gasteiger partial charge in [0, 0.05) is 44.3 Å². The molecule has 0 bridgehead atoms. The van der Waals surface area contributed by atoms with Crippen molar-refractivity contribution in [2.24, 2.45) is 7.05 Å². The predicted molar refractivity (Wildman–Crippen MR) is 119 cm³/mol. The van der Waals surface area contributed by atoms with Crippen LogP contribution in [0, 0.1) is 0 Å². The lowest BCUT2D eigenvalue weighted by molar-refractivity contribution is -0.137. The van der Waals surface area contributed by atoms with Crippen LogP contribution in [0.1, 0.15) is 16.1 Å². The van der Waals surface area contributed by atoms with Crippen molar-refractivity contribution >= 4 is 33.5 Å². The Balaban J connectivity index is 1.40. The van der Waals surface area contributed by atoms with Gasteiger partial charge < -0.3 is 18.8 Å². The van der Waals surface area contributed by atoms with Crippen LogP contribution >= 0.6 is 0 Å². The van der Waals surface area contributed by atoms with E-state index >= 15 is 0 Å². The molecule has 1 aliphatic heterocycles. The maximum absolute atomic E-state index is 13.3. The Labute approximate surface area is 186 Å². The molecule has 0 unspecified atom stereocenters. The van der Waals surface area contributed by atoms with Gasteiger partial charge in [-0.15, -0.1) is 0 Å². The third-order valence-corrected chi connectivity index (χ3v) is 6.12. The van der Waals surface area contributed by atoms with E-state index in [1.54, 1.807) is 40.8 Å². The van der Waals surface area contributed by atoms with Crippen LogP contribution in [0.25, 0.3) is 21.9 Å². The van der Waals surface area contributed by atoms with E-state index in [4.69, 9.17) is 4.42 Å². The van der Waals surface area contributed by atoms with Gasteiger partial charge in [0.15, 0.2) is 0 Å². The standard InChI is InChI=1S/C24H20F3N3O3/c1-28-19(14-18-21(28)17-7-2-3-8-20(17)33-23(18)32)22(31)30-11-9-29(10-12-30)16-6-4-5-15(13-16)24(25,26)27/h2-8,13-14H,9-12H2,1H3. The molecule has 1 aliphatic rings. The van der Waals surface area contributed by atoms with Crippen molar-refractivity contribution in [3.8, 4) is 0 Å². The average molecular weight is 455 g/mol. The predicted octanol–water partition coefficient (Wildman–Crippen LogP) is 4.27. The Bertz CT molecular complexity index is 1430. The number of hydrogen-bond donors (Lipinski definition) is 0. The van der Waals surface area contributed by atoms with Gasteiger partial charge in [0.1, 0.15) is 11.3 Å². The molecule has 5 rings (SSSR count). The number of aryl methyl sites for hydroxylation is 1. The van der Waals surface area contributed by atoms with Crippen molar-refractivity contribution in [1.29, 1.82) is 0 Å². The van der Waals surface area contributed by atoms with Gasteiger partial charge in [-0.05, 0) is 36.4 Å². The number of alkyl halides is 3. The van der Waals surface area contributed by atoms with E-state index in [9.17, 15) is 22.8 Å². The van der Waals surface area contributed by atoms with Crippen molar-refractivity contribution in [3.05, 3.63) is 76.3 Å². The van der Waals surface area contributed by atoms with Crippen molar-refractivity contribution in [1.82, 2.24) is 9.47 Å². The monoisotopic (exact) mass is 455 g/mol. The lowest BCUT2D eigenvalue weighted by Crippen LogP contribution is -2.49. The fraction of sp³-hybridized carbons (Fsp3) is 0.250. The normalized spacial score (nSPS) is 14.9. The van der Waals surface area contributed by atoms with E-state index < -0.39 is 17.4 Å². The number of piperazine rings is 1. The maximum atomic E-state index is 13.3. The Morgan fingerprint density at radius 3 is 2.39 bits per heavy atom. The molecule has 0 radical (unpaired) electrons. The highest BCUT2D eigenvalue weighted by Gasteiger charge is 2.31. The first-order chi connectivity index (χ1) is 15.7. The van der Waals surface area contributed by atoms with Gasteiger partial charge in [0.05, 0.1) is 16.5 Å². The van der Waals surface area contributed by atoms with Crippen molar-refractivity contribution in [3.63, 3.8) is 0 Å². The summed E-state index contributed by atoms with van der Waals surface area (Å²) >= 11 is 0. The number of para-hydroxylation sites is 1. The first-order valence-electron chi connectivity index (χ1n) is 10.5. The summed E-state index contributed by atoms with van der Waals surface area (Å²) in [6.45, 7) is 1.52. The Hall–Kier alpha value is -3.75. The molecule has 0 aliphatic carbocycles. The molecular formula is C24H20F3N3O3. The molecule has 0 spiro atoms. The average Bonchev–Trinajstić information content (AvgIpc) is 3.16. The fourth-order valence-electron chi connectivity index (χ4n) is 4.40. The molecule has 4 aromatic rings. The molecule has 33 heavy (non-hydrogen) atoms. The van der Waals surface area contributed by atoms with E-state index in [2.05, 4.69) is 0 Å². The molecule has 170 valence electrons. The highest BCUT2D eigenvalue weighted by atomic mass is 19.4. The van der Waals surface area contributed by atoms with Crippen molar-refractivity contribution in [2.75, 3.05) is 31.1 Å². The minimum atomic E-state index is -4.40. The third kappa shape index (κ3) is 3.63. The van der Waals surface area contributed by atoms with Crippen LogP contribution in [0.2, 0.25) is 0 Å². The van der Waals surface area contributed by atoms with Crippen LogP contribution in [0.15, 0.2) is 63.8 Å². The van der Waals surface area contributed by atoms with Crippen LogP contribution in [0.3, 0.4) is 0 Å². The SMILES string of the molecule is Cn1c(C(=O)N2CCN(c3cccc(C(F)(F)F)c3)CC2)cc2c(=O)oc3ccccc3c21. The number of hydrogen-bond acceptors (Lipinski definition) is 4. The Morgan fingerprint density at radius 2 is 1.67 bits per heavy atom. The van der Waals surface area contributed by atoms with E-state index in [0.717, 1.165) is 17.5 Å². The number of carbonyl (C=O) groups excluding carboxylic acids is 1. The maximum Gasteiger partial charge on any atom is 0.416 e. The largest absolute Gasteiger partial charge is 0.422 e. The van der Waals surface area contributed by atoms with Gasteiger partial charge in [-0.1, -0.05) is 18.2 Å². The zero-order valence-electron chi connectivity index (χ0n) is 17.7. The second-order valence-electron chi connectivity index (χ2n) is 8.06. The van der Waals surface area contributed by atoms with Crippen LogP contribution in [0.5, 0.6) is 0 Å². The third-order valence-electron chi connectivity index (χ3n) is 6.12. The van der Waals surface area contributed by atoms with E-state index in [0.29, 0.717) is 54.0 Å². The molecule has 9 heteroatoms. The van der Waals surface area contributed by atoms with E-state index in [-0.39, 0.29) is 5.91 Å². The van der Waals surface area contributed by atoms with Crippen LogP contribution in [-0.2, 0) is 13.2 Å². The number of aromatic nitrogens is 1. The fourth-order valence-corrected chi connectivity index (χ4v) is 4.40. The quantitative estimate of drug-likeness (QED) is 0.424. The number of nitrogens with zero attached hydrogens (tertiary/aromatic N) is 3. The Morgan fingerprint density at radius 1 is 0.939 bits per heavy atom. The van der Waals surface area contributed by atoms with Gasteiger partial charge in [0.25, 0.3) is 5.91 Å². The molecule has 2 aromatic carbocycles. The number of halogens is 3. The second kappa shape index (κ2) is 7.68. The van der Waals surface area contributed by atoms with Crippen LogP contribution in [0.4, 0.5) is 18.9 Å². The van der Waals surface area contributed by atoms with Crippen molar-refractivity contribution in [2.45, 2.75) is 6.18 Å². The van der Waals surface area contributed by atoms with Crippen molar-refractivity contribution < 1.29 is 22.4 Å². The molecule has 2 aromatic heterocycles. The molecular weight excluding hydrogens is 435 g/mol. The highest BCUT2D eigenvalue weighted by molar-refractivity contribution is 6.07. The number of anilines is 1. The molecule has 0 saturated carbocycles. The summed E-state index contributed by atoms with van der Waals surface area (Å²) in [6, 6.07) is 13.9. The van der Waals surface area contributed by atoms with Gasteiger partial charge in [-0.3, -0.25) is 4.79 Å². The molecule has 1 saturated heterocycles. The lowest BCUT2D eigenvalue weighted by atomic mass is 10.1. The van der Waals surface area contributed by atoms with E-state index in [1.807, 2.05) is 17.0 Å². The summed E-state index contributed by atoms with van der Waals surface area (Å²) in [7, 11) is 1.74. The molecule has 1 fully saturated rings. The molecule has 0 N–H and O–H groups in total. The smallest absolute Gasteiger partial charge is 0.416 e. The topological polar surface area (TPSA) is 58.7 Å². The highest BCUT2D eigenvalue weighted by Crippen LogP contribution is 2.32. The zero-order chi connectivity index (χ0) is 23.3. The van der Waals surface area contributed by atoms with Crippen LogP contribution in [-0.4, -0.2) is 41.6 Å². The molecule has 0 atom stereocenters. The number of rotatable bonds is 2. The van der Waals surface area contributed by atoms with Gasteiger partial charge in [0.2, 0.25) is 0 Å². The first-order valence-corrected chi connectivity index (χ1v) is 10.5. The summed E-state index contributed by atoms with van der Waals surface area (Å²) in [5.74, 6) is -0.235. The summed E-state index contributed by atoms with van der Waals surface area (Å²) in [4.78, 5) is 29.2. The number of benzene rings is 2. The number of fused-ring (bicyclic) bond motifs is 3. The van der Waals surface area contributed by atoms with E-state index in [1.165, 1.54) is 6.07 Å². The molecule has 6 nitrogen and oxygen atoms in total. The first kappa shape index (κ1) is 21.1. The Kier molecular flexibility index (Phi) is 4.92. The molecule has 3 heterocycles. The van der Waals surface area contributed by atoms with Gasteiger partial charge in [-0.2, -0.15) is 13.2 Å². The minimum Gasteiger partial charge on any atom is -0.422 e. The second-order valence-corrected chi connectivity index (χ2v) is 8.06. The summed E-state index contributed by atoms with van der Waals surface area (Å²) in [6.07, 6.45) is -4.40. The lowest BCUT2D eigenvalue weighted by Gasteiger charge is -2.36. The summed E-state index contributed by atoms with van der Waals surface area (Å²) < 4.78 is 46.2. The summed E-state index contributed by atoms with van der Waals surface area (Å²) in [5, 5.41) is 1.07. The number of carbonyl (C=O) groups is 1. The molecule has 1 amide bonds. The minimum absolute atomic E-state index is 0.235.